The van der Waals surface area contributed by atoms with Gasteiger partial charge in [0.1, 0.15) is 12.2 Å². The van der Waals surface area contributed by atoms with Gasteiger partial charge in [-0.2, -0.15) is 0 Å². The SMILES string of the molecule is COC12C=CC3(C=C1)COC(=O)C3C(O[Si](C)(C)C(C)(C)C)C2C. The van der Waals surface area contributed by atoms with Gasteiger partial charge in [-0.05, 0) is 18.1 Å². The Morgan fingerprint density at radius 1 is 1.21 bits per heavy atom. The van der Waals surface area contributed by atoms with Gasteiger partial charge in [-0.25, -0.2) is 0 Å². The molecule has 0 amide bonds. The van der Waals surface area contributed by atoms with Crippen molar-refractivity contribution in [2.24, 2.45) is 17.3 Å². The third-order valence-electron chi connectivity index (χ3n) is 6.73. The van der Waals surface area contributed by atoms with E-state index in [4.69, 9.17) is 13.9 Å². The molecule has 0 aromatic carbocycles. The second kappa shape index (κ2) is 5.29. The summed E-state index contributed by atoms with van der Waals surface area (Å²) >= 11 is 0. The molecule has 1 fully saturated rings. The fourth-order valence-electron chi connectivity index (χ4n) is 3.88. The molecule has 0 aromatic heterocycles. The van der Waals surface area contributed by atoms with Gasteiger partial charge >= 0.3 is 5.97 Å². The molecule has 0 saturated carbocycles. The Balaban J connectivity index is 2.06. The first-order valence-electron chi connectivity index (χ1n) is 8.78. The third kappa shape index (κ3) is 2.36. The first-order chi connectivity index (χ1) is 11.0. The quantitative estimate of drug-likeness (QED) is 0.442. The van der Waals surface area contributed by atoms with Gasteiger partial charge in [0.25, 0.3) is 0 Å². The number of rotatable bonds is 3. The largest absolute Gasteiger partial charge is 0.464 e. The van der Waals surface area contributed by atoms with Gasteiger partial charge < -0.3 is 13.9 Å². The minimum absolute atomic E-state index is 0.0316. The Hall–Kier alpha value is -0.913. The normalized spacial score (nSPS) is 41.3. The van der Waals surface area contributed by atoms with Crippen LogP contribution in [0.15, 0.2) is 24.3 Å². The van der Waals surface area contributed by atoms with E-state index in [-0.39, 0.29) is 28.9 Å². The van der Waals surface area contributed by atoms with Crippen LogP contribution in [-0.4, -0.2) is 39.7 Å². The number of carbonyl (C=O) groups excluding carboxylic acids is 1. The lowest BCUT2D eigenvalue weighted by atomic mass is 9.74. The molecule has 24 heavy (non-hydrogen) atoms. The molecule has 0 radical (unpaired) electrons. The fourth-order valence-corrected chi connectivity index (χ4v) is 5.25. The van der Waals surface area contributed by atoms with E-state index in [2.05, 4.69) is 65.1 Å². The predicted octanol–water partition coefficient (Wildman–Crippen LogP) is 3.70. The van der Waals surface area contributed by atoms with E-state index in [1.54, 1.807) is 7.11 Å². The zero-order chi connectivity index (χ0) is 18.0. The minimum Gasteiger partial charge on any atom is -0.464 e. The van der Waals surface area contributed by atoms with Crippen LogP contribution < -0.4 is 0 Å². The van der Waals surface area contributed by atoms with Crippen LogP contribution in [0.25, 0.3) is 0 Å². The van der Waals surface area contributed by atoms with Gasteiger partial charge in [-0.15, -0.1) is 0 Å². The number of esters is 1. The number of hydrogen-bond donors (Lipinski definition) is 0. The van der Waals surface area contributed by atoms with E-state index in [0.29, 0.717) is 6.61 Å². The van der Waals surface area contributed by atoms with Crippen molar-refractivity contribution in [2.75, 3.05) is 13.7 Å². The molecular formula is C19H30O4Si. The highest BCUT2D eigenvalue weighted by atomic mass is 28.4. The zero-order valence-electron chi connectivity index (χ0n) is 15.9. The van der Waals surface area contributed by atoms with Crippen molar-refractivity contribution in [3.05, 3.63) is 24.3 Å². The van der Waals surface area contributed by atoms with E-state index in [0.717, 1.165) is 0 Å². The smallest absolute Gasteiger partial charge is 0.312 e. The predicted molar refractivity (Wildman–Crippen MR) is 96.1 cm³/mol. The number of fused-ring (bicyclic) bond motifs is 1. The van der Waals surface area contributed by atoms with Crippen LogP contribution >= 0.6 is 0 Å². The molecule has 1 aliphatic heterocycles. The maximum Gasteiger partial charge on any atom is 0.312 e. The summed E-state index contributed by atoms with van der Waals surface area (Å²) in [5.41, 5.74) is -0.903. The lowest BCUT2D eigenvalue weighted by Crippen LogP contribution is -2.53. The maximum absolute atomic E-state index is 12.6. The Morgan fingerprint density at radius 3 is 2.29 bits per heavy atom. The van der Waals surface area contributed by atoms with Gasteiger partial charge in [-0.3, -0.25) is 4.79 Å². The summed E-state index contributed by atoms with van der Waals surface area (Å²) in [5, 5.41) is 0.0782. The van der Waals surface area contributed by atoms with Gasteiger partial charge in [-0.1, -0.05) is 52.0 Å². The molecule has 4 aliphatic rings. The molecular weight excluding hydrogens is 320 g/mol. The van der Waals surface area contributed by atoms with Crippen molar-refractivity contribution < 1.29 is 18.7 Å². The molecule has 1 saturated heterocycles. The van der Waals surface area contributed by atoms with Crippen LogP contribution in [0.3, 0.4) is 0 Å². The van der Waals surface area contributed by atoms with Crippen molar-refractivity contribution in [2.45, 2.75) is 57.5 Å². The molecule has 3 aliphatic carbocycles. The molecule has 0 aromatic rings. The highest BCUT2D eigenvalue weighted by Crippen LogP contribution is 2.54. The molecule has 2 bridgehead atoms. The maximum atomic E-state index is 12.6. The average Bonchev–Trinajstić information content (AvgIpc) is 2.72. The molecule has 1 heterocycles. The summed E-state index contributed by atoms with van der Waals surface area (Å²) in [6, 6.07) is 0. The Labute approximate surface area is 146 Å². The number of ether oxygens (including phenoxy) is 2. The molecule has 4 rings (SSSR count). The Kier molecular flexibility index (Phi) is 3.94. The summed E-state index contributed by atoms with van der Waals surface area (Å²) in [4.78, 5) is 12.6. The summed E-state index contributed by atoms with van der Waals surface area (Å²) in [5.74, 6) is -0.411. The summed E-state index contributed by atoms with van der Waals surface area (Å²) in [6.45, 7) is 13.7. The van der Waals surface area contributed by atoms with Crippen molar-refractivity contribution in [3.8, 4) is 0 Å². The Morgan fingerprint density at radius 2 is 1.79 bits per heavy atom. The van der Waals surface area contributed by atoms with Crippen LogP contribution in [0.4, 0.5) is 0 Å². The zero-order valence-corrected chi connectivity index (χ0v) is 16.9. The van der Waals surface area contributed by atoms with Gasteiger partial charge in [0.05, 0.1) is 17.4 Å². The first kappa shape index (κ1) is 17.9. The molecule has 0 N–H and O–H groups in total. The van der Waals surface area contributed by atoms with Crippen LogP contribution in [0.1, 0.15) is 27.7 Å². The number of cyclic esters (lactones) is 1. The van der Waals surface area contributed by atoms with E-state index >= 15 is 0 Å². The lowest BCUT2D eigenvalue weighted by molar-refractivity contribution is -0.146. The Bertz CT molecular complexity index is 585. The number of methoxy groups -OCH3 is 1. The van der Waals surface area contributed by atoms with Crippen LogP contribution in [-0.2, 0) is 18.7 Å². The lowest BCUT2D eigenvalue weighted by Gasteiger charge is -2.44. The highest BCUT2D eigenvalue weighted by molar-refractivity contribution is 6.74. The van der Waals surface area contributed by atoms with E-state index in [9.17, 15) is 4.79 Å². The van der Waals surface area contributed by atoms with Gasteiger partial charge in [0, 0.05) is 13.0 Å². The van der Waals surface area contributed by atoms with Crippen LogP contribution in [0.2, 0.25) is 18.1 Å². The van der Waals surface area contributed by atoms with Crippen molar-refractivity contribution in [3.63, 3.8) is 0 Å². The second-order valence-corrected chi connectivity index (χ2v) is 13.8. The van der Waals surface area contributed by atoms with Crippen LogP contribution in [0.5, 0.6) is 0 Å². The summed E-state index contributed by atoms with van der Waals surface area (Å²) in [6.07, 6.45) is 8.20. The summed E-state index contributed by atoms with van der Waals surface area (Å²) < 4.78 is 18.2. The second-order valence-electron chi connectivity index (χ2n) is 9.05. The van der Waals surface area contributed by atoms with E-state index in [1.165, 1.54) is 0 Å². The third-order valence-corrected chi connectivity index (χ3v) is 11.2. The average molecular weight is 351 g/mol. The molecule has 3 unspecified atom stereocenters. The molecule has 1 spiro atoms. The molecule has 3 atom stereocenters. The van der Waals surface area contributed by atoms with Crippen molar-refractivity contribution in [1.82, 2.24) is 0 Å². The standard InChI is InChI=1S/C19H30O4Si/c1-13-15(23-24(6,7)17(2,3)4)14-16(20)22-12-18(14)8-10-19(13,21-5)11-9-18/h8-11,13-15H,12H2,1-7H3. The monoisotopic (exact) mass is 350 g/mol. The molecule has 4 nitrogen and oxygen atoms in total. The molecule has 5 heteroatoms. The first-order valence-corrected chi connectivity index (χ1v) is 11.7. The van der Waals surface area contributed by atoms with Gasteiger partial charge in [0.15, 0.2) is 8.32 Å². The fraction of sp³-hybridized carbons (Fsp3) is 0.737. The molecule has 134 valence electrons. The number of carbonyl (C=O) groups is 1. The summed E-state index contributed by atoms with van der Waals surface area (Å²) in [7, 11) is -0.317. The topological polar surface area (TPSA) is 44.8 Å². The van der Waals surface area contributed by atoms with Crippen molar-refractivity contribution in [1.29, 1.82) is 0 Å². The van der Waals surface area contributed by atoms with E-state index < -0.39 is 19.3 Å². The van der Waals surface area contributed by atoms with Crippen LogP contribution in [0, 0.1) is 17.3 Å². The van der Waals surface area contributed by atoms with E-state index in [1.807, 2.05) is 0 Å². The van der Waals surface area contributed by atoms with Crippen molar-refractivity contribution >= 4 is 14.3 Å². The number of hydrogen-bond acceptors (Lipinski definition) is 4. The minimum atomic E-state index is -2.05. The highest BCUT2D eigenvalue weighted by Gasteiger charge is 2.61. The van der Waals surface area contributed by atoms with Gasteiger partial charge in [0.2, 0.25) is 0 Å².